The van der Waals surface area contributed by atoms with Crippen LogP contribution in [0.2, 0.25) is 0 Å². The molecule has 4 atom stereocenters. The summed E-state index contributed by atoms with van der Waals surface area (Å²) < 4.78 is 0. The van der Waals surface area contributed by atoms with Gasteiger partial charge in [-0.15, -0.1) is 0 Å². The molecule has 0 heterocycles. The molecule has 3 N–H and O–H groups in total. The number of fused-ring (bicyclic) bond motifs is 2. The zero-order valence-corrected chi connectivity index (χ0v) is 12.8. The van der Waals surface area contributed by atoms with Gasteiger partial charge < -0.3 is 0 Å². The SMILES string of the molecule is CC(C)CC1(C(NN)C2CC3CCC2C3)CCCC1. The van der Waals surface area contributed by atoms with E-state index in [1.165, 1.54) is 57.8 Å². The van der Waals surface area contributed by atoms with Gasteiger partial charge in [-0.25, -0.2) is 0 Å². The molecular weight excluding hydrogens is 232 g/mol. The Kier molecular flexibility index (Phi) is 3.92. The lowest BCUT2D eigenvalue weighted by molar-refractivity contribution is 0.0832. The molecule has 2 nitrogen and oxygen atoms in total. The van der Waals surface area contributed by atoms with E-state index in [0.717, 1.165) is 23.7 Å². The third-order valence-corrected chi connectivity index (χ3v) is 6.47. The lowest BCUT2D eigenvalue weighted by Gasteiger charge is -2.44. The molecule has 2 heteroatoms. The Morgan fingerprint density at radius 2 is 1.89 bits per heavy atom. The highest BCUT2D eigenvalue weighted by atomic mass is 15.2. The first kappa shape index (κ1) is 13.9. The molecule has 3 rings (SSSR count). The Bertz CT molecular complexity index is 306. The van der Waals surface area contributed by atoms with Crippen LogP contribution in [0.1, 0.15) is 71.6 Å². The van der Waals surface area contributed by atoms with E-state index in [1.54, 1.807) is 0 Å². The first-order valence-electron chi connectivity index (χ1n) is 8.61. The maximum Gasteiger partial charge on any atom is 0.0297 e. The molecule has 19 heavy (non-hydrogen) atoms. The molecule has 0 saturated heterocycles. The van der Waals surface area contributed by atoms with E-state index in [9.17, 15) is 0 Å². The summed E-state index contributed by atoms with van der Waals surface area (Å²) in [4.78, 5) is 0. The summed E-state index contributed by atoms with van der Waals surface area (Å²) in [6.07, 6.45) is 13.0. The molecule has 2 bridgehead atoms. The average Bonchev–Trinajstić information content (AvgIpc) is 3.05. The third kappa shape index (κ3) is 2.47. The second kappa shape index (κ2) is 5.37. The van der Waals surface area contributed by atoms with Gasteiger partial charge in [-0.05, 0) is 67.6 Å². The largest absolute Gasteiger partial charge is 0.271 e. The molecule has 0 aromatic heterocycles. The predicted molar refractivity (Wildman–Crippen MR) is 80.4 cm³/mol. The fourth-order valence-corrected chi connectivity index (χ4v) is 5.99. The number of rotatable bonds is 5. The van der Waals surface area contributed by atoms with Crippen molar-refractivity contribution in [3.05, 3.63) is 0 Å². The molecular formula is C17H32N2. The summed E-state index contributed by atoms with van der Waals surface area (Å²) in [6, 6.07) is 0.590. The number of nitrogens with two attached hydrogens (primary N) is 1. The number of hydrogen-bond donors (Lipinski definition) is 2. The molecule has 3 aliphatic carbocycles. The molecule has 3 aliphatic rings. The van der Waals surface area contributed by atoms with Crippen molar-refractivity contribution in [3.63, 3.8) is 0 Å². The molecule has 0 radical (unpaired) electrons. The highest BCUT2D eigenvalue weighted by Crippen LogP contribution is 2.56. The summed E-state index contributed by atoms with van der Waals surface area (Å²) in [6.45, 7) is 4.77. The Hall–Kier alpha value is -0.0800. The number of hydrogen-bond acceptors (Lipinski definition) is 2. The van der Waals surface area contributed by atoms with Crippen LogP contribution in [0.25, 0.3) is 0 Å². The molecule has 0 aromatic carbocycles. The zero-order chi connectivity index (χ0) is 13.5. The lowest BCUT2D eigenvalue weighted by Crippen LogP contribution is -2.53. The smallest absolute Gasteiger partial charge is 0.0297 e. The number of hydrazine groups is 1. The fourth-order valence-electron chi connectivity index (χ4n) is 5.99. The van der Waals surface area contributed by atoms with Crippen molar-refractivity contribution in [2.45, 2.75) is 77.7 Å². The topological polar surface area (TPSA) is 38.0 Å². The summed E-state index contributed by atoms with van der Waals surface area (Å²) in [5.74, 6) is 9.76. The van der Waals surface area contributed by atoms with E-state index in [0.29, 0.717) is 11.5 Å². The third-order valence-electron chi connectivity index (χ3n) is 6.47. The second-order valence-corrected chi connectivity index (χ2v) is 8.15. The van der Waals surface area contributed by atoms with Crippen molar-refractivity contribution in [3.8, 4) is 0 Å². The monoisotopic (exact) mass is 264 g/mol. The van der Waals surface area contributed by atoms with Gasteiger partial charge in [-0.3, -0.25) is 11.3 Å². The van der Waals surface area contributed by atoms with Crippen LogP contribution in [0.5, 0.6) is 0 Å². The van der Waals surface area contributed by atoms with E-state index < -0.39 is 0 Å². The van der Waals surface area contributed by atoms with Gasteiger partial charge in [-0.1, -0.05) is 33.1 Å². The minimum Gasteiger partial charge on any atom is -0.271 e. The summed E-state index contributed by atoms with van der Waals surface area (Å²) >= 11 is 0. The highest BCUT2D eigenvalue weighted by Gasteiger charge is 2.50. The van der Waals surface area contributed by atoms with Crippen LogP contribution >= 0.6 is 0 Å². The summed E-state index contributed by atoms with van der Waals surface area (Å²) in [5, 5.41) is 0. The predicted octanol–water partition coefficient (Wildman–Crippen LogP) is 3.86. The highest BCUT2D eigenvalue weighted by molar-refractivity contribution is 5.03. The Morgan fingerprint density at radius 3 is 2.37 bits per heavy atom. The average molecular weight is 264 g/mol. The van der Waals surface area contributed by atoms with Gasteiger partial charge in [0, 0.05) is 6.04 Å². The molecule has 4 unspecified atom stereocenters. The van der Waals surface area contributed by atoms with Crippen LogP contribution in [-0.4, -0.2) is 6.04 Å². The first-order valence-corrected chi connectivity index (χ1v) is 8.61. The van der Waals surface area contributed by atoms with Gasteiger partial charge in [0.1, 0.15) is 0 Å². The molecule has 0 amide bonds. The maximum atomic E-state index is 6.08. The van der Waals surface area contributed by atoms with Crippen molar-refractivity contribution in [1.82, 2.24) is 5.43 Å². The van der Waals surface area contributed by atoms with Crippen molar-refractivity contribution >= 4 is 0 Å². The van der Waals surface area contributed by atoms with Gasteiger partial charge >= 0.3 is 0 Å². The van der Waals surface area contributed by atoms with E-state index >= 15 is 0 Å². The van der Waals surface area contributed by atoms with E-state index in [1.807, 2.05) is 0 Å². The van der Waals surface area contributed by atoms with Gasteiger partial charge in [0.25, 0.3) is 0 Å². The van der Waals surface area contributed by atoms with E-state index in [4.69, 9.17) is 5.84 Å². The minimum absolute atomic E-state index is 0.512. The van der Waals surface area contributed by atoms with Crippen LogP contribution in [0, 0.1) is 29.1 Å². The van der Waals surface area contributed by atoms with Crippen molar-refractivity contribution in [1.29, 1.82) is 0 Å². The van der Waals surface area contributed by atoms with Gasteiger partial charge in [-0.2, -0.15) is 0 Å². The molecule has 0 spiro atoms. The minimum atomic E-state index is 0.512. The maximum absolute atomic E-state index is 6.08. The van der Waals surface area contributed by atoms with Crippen LogP contribution < -0.4 is 11.3 Å². The van der Waals surface area contributed by atoms with Crippen LogP contribution in [0.4, 0.5) is 0 Å². The Morgan fingerprint density at radius 1 is 1.16 bits per heavy atom. The quantitative estimate of drug-likeness (QED) is 0.584. The molecule has 0 aromatic rings. The van der Waals surface area contributed by atoms with Crippen LogP contribution in [0.3, 0.4) is 0 Å². The molecule has 3 fully saturated rings. The lowest BCUT2D eigenvalue weighted by atomic mass is 9.65. The van der Waals surface area contributed by atoms with Crippen molar-refractivity contribution < 1.29 is 0 Å². The van der Waals surface area contributed by atoms with Crippen molar-refractivity contribution in [2.75, 3.05) is 0 Å². The van der Waals surface area contributed by atoms with Crippen molar-refractivity contribution in [2.24, 2.45) is 34.9 Å². The summed E-state index contributed by atoms with van der Waals surface area (Å²) in [7, 11) is 0. The normalized spacial score (nSPS) is 38.2. The summed E-state index contributed by atoms with van der Waals surface area (Å²) in [5.41, 5.74) is 3.83. The number of nitrogens with one attached hydrogen (secondary N) is 1. The zero-order valence-electron chi connectivity index (χ0n) is 12.8. The molecule has 3 saturated carbocycles. The van der Waals surface area contributed by atoms with Gasteiger partial charge in [0.05, 0.1) is 0 Å². The fraction of sp³-hybridized carbons (Fsp3) is 1.00. The van der Waals surface area contributed by atoms with Crippen LogP contribution in [-0.2, 0) is 0 Å². The molecule has 0 aliphatic heterocycles. The van der Waals surface area contributed by atoms with Gasteiger partial charge in [0.2, 0.25) is 0 Å². The molecule has 110 valence electrons. The second-order valence-electron chi connectivity index (χ2n) is 8.15. The standard InChI is InChI=1S/C17H32N2/c1-12(2)11-17(7-3-4-8-17)16(19-18)15-10-13-5-6-14(15)9-13/h12-16,19H,3-11,18H2,1-2H3. The Balaban J connectivity index is 1.78. The van der Waals surface area contributed by atoms with Gasteiger partial charge in [0.15, 0.2) is 0 Å². The van der Waals surface area contributed by atoms with E-state index in [-0.39, 0.29) is 0 Å². The van der Waals surface area contributed by atoms with Crippen LogP contribution in [0.15, 0.2) is 0 Å². The van der Waals surface area contributed by atoms with E-state index in [2.05, 4.69) is 19.3 Å². The Labute approximate surface area is 118 Å². The first-order chi connectivity index (χ1) is 9.14.